The monoisotopic (exact) mass is 509 g/mol. The minimum Gasteiger partial charge on any atom is -0.459 e. The zero-order chi connectivity index (χ0) is 25.5. The Hall–Kier alpha value is -3.50. The standard InChI is InChI=1S/C26H31N5O4S/c1-19(2)31(25(34)22-9-6-14-35-22)17-23(32)28-26-27-21(18-36-26)15-24(33)30-12-10-29(11-13-30)16-20-7-4-3-5-8-20/h3-9,14,18-19H,10-13,15-17H2,1-2H3,(H,27,28,32). The molecule has 0 radical (unpaired) electrons. The number of aromatic nitrogens is 1. The second kappa shape index (κ2) is 12.0. The molecule has 0 saturated carbocycles. The molecular formula is C26H31N5O4S. The van der Waals surface area contributed by atoms with E-state index in [9.17, 15) is 14.4 Å². The predicted octanol–water partition coefficient (Wildman–Crippen LogP) is 3.11. The van der Waals surface area contributed by atoms with Crippen LogP contribution in [0.2, 0.25) is 0 Å². The number of hydrogen-bond donors (Lipinski definition) is 1. The molecule has 1 aliphatic rings. The maximum atomic E-state index is 12.8. The van der Waals surface area contributed by atoms with Gasteiger partial charge in [-0.25, -0.2) is 4.98 Å². The number of amides is 3. The van der Waals surface area contributed by atoms with Gasteiger partial charge in [-0.2, -0.15) is 0 Å². The zero-order valence-corrected chi connectivity index (χ0v) is 21.4. The topological polar surface area (TPSA) is 99.0 Å². The number of benzene rings is 1. The summed E-state index contributed by atoms with van der Waals surface area (Å²) in [5, 5.41) is 4.93. The molecule has 2 aromatic heterocycles. The summed E-state index contributed by atoms with van der Waals surface area (Å²) in [5.41, 5.74) is 1.90. The van der Waals surface area contributed by atoms with Gasteiger partial charge < -0.3 is 19.5 Å². The Morgan fingerprint density at radius 2 is 1.83 bits per heavy atom. The third kappa shape index (κ3) is 6.79. The Bertz CT molecular complexity index is 1150. The molecular weight excluding hydrogens is 478 g/mol. The highest BCUT2D eigenvalue weighted by atomic mass is 32.1. The molecule has 36 heavy (non-hydrogen) atoms. The molecule has 0 atom stereocenters. The van der Waals surface area contributed by atoms with Crippen LogP contribution in [0.1, 0.15) is 35.7 Å². The molecule has 9 nitrogen and oxygen atoms in total. The SMILES string of the molecule is CC(C)N(CC(=O)Nc1nc(CC(=O)N2CCN(Cc3ccccc3)CC2)cs1)C(=O)c1ccco1. The van der Waals surface area contributed by atoms with Crippen molar-refractivity contribution in [1.29, 1.82) is 0 Å². The van der Waals surface area contributed by atoms with Crippen LogP contribution < -0.4 is 5.32 Å². The van der Waals surface area contributed by atoms with Gasteiger partial charge in [-0.1, -0.05) is 30.3 Å². The lowest BCUT2D eigenvalue weighted by Crippen LogP contribution is -2.48. The second-order valence-corrected chi connectivity index (χ2v) is 9.87. The first-order valence-electron chi connectivity index (χ1n) is 12.0. The fourth-order valence-corrected chi connectivity index (χ4v) is 4.78. The van der Waals surface area contributed by atoms with Crippen molar-refractivity contribution >= 4 is 34.2 Å². The van der Waals surface area contributed by atoms with Gasteiger partial charge >= 0.3 is 0 Å². The van der Waals surface area contributed by atoms with E-state index in [1.165, 1.54) is 28.1 Å². The Morgan fingerprint density at radius 1 is 1.08 bits per heavy atom. The summed E-state index contributed by atoms with van der Waals surface area (Å²) in [4.78, 5) is 48.1. The fourth-order valence-electron chi connectivity index (χ4n) is 4.05. The van der Waals surface area contributed by atoms with Crippen molar-refractivity contribution in [3.05, 3.63) is 71.1 Å². The van der Waals surface area contributed by atoms with Crippen molar-refractivity contribution in [2.75, 3.05) is 38.0 Å². The quantitative estimate of drug-likeness (QED) is 0.476. The average Bonchev–Trinajstić information content (AvgIpc) is 3.56. The van der Waals surface area contributed by atoms with Crippen molar-refractivity contribution in [3.8, 4) is 0 Å². The molecule has 0 bridgehead atoms. The highest BCUT2D eigenvalue weighted by molar-refractivity contribution is 7.13. The molecule has 3 aromatic rings. The maximum absolute atomic E-state index is 12.8. The Morgan fingerprint density at radius 3 is 2.50 bits per heavy atom. The number of nitrogens with zero attached hydrogens (tertiary/aromatic N) is 4. The number of carbonyl (C=O) groups is 3. The van der Waals surface area contributed by atoms with Gasteiger partial charge in [0, 0.05) is 44.1 Å². The van der Waals surface area contributed by atoms with E-state index in [1.807, 2.05) is 36.9 Å². The number of rotatable bonds is 9. The fraction of sp³-hybridized carbons (Fsp3) is 0.385. The number of nitrogens with one attached hydrogen (secondary N) is 1. The summed E-state index contributed by atoms with van der Waals surface area (Å²) in [6.45, 7) is 7.48. The average molecular weight is 510 g/mol. The minimum absolute atomic E-state index is 0.0348. The molecule has 0 unspecified atom stereocenters. The predicted molar refractivity (Wildman–Crippen MR) is 138 cm³/mol. The first-order valence-corrected chi connectivity index (χ1v) is 12.9. The lowest BCUT2D eigenvalue weighted by molar-refractivity contribution is -0.132. The zero-order valence-electron chi connectivity index (χ0n) is 20.6. The molecule has 1 aliphatic heterocycles. The molecule has 3 amide bonds. The van der Waals surface area contributed by atoms with E-state index in [1.54, 1.807) is 17.5 Å². The number of furan rings is 1. The molecule has 0 spiro atoms. The van der Waals surface area contributed by atoms with Crippen LogP contribution >= 0.6 is 11.3 Å². The van der Waals surface area contributed by atoms with Crippen LogP contribution in [-0.2, 0) is 22.6 Å². The summed E-state index contributed by atoms with van der Waals surface area (Å²) in [5.74, 6) is -0.482. The highest BCUT2D eigenvalue weighted by Gasteiger charge is 2.25. The van der Waals surface area contributed by atoms with Crippen molar-refractivity contribution < 1.29 is 18.8 Å². The van der Waals surface area contributed by atoms with Crippen LogP contribution in [-0.4, -0.2) is 76.2 Å². The van der Waals surface area contributed by atoms with Gasteiger partial charge in [0.25, 0.3) is 5.91 Å². The van der Waals surface area contributed by atoms with Gasteiger partial charge in [0.2, 0.25) is 11.8 Å². The van der Waals surface area contributed by atoms with Crippen molar-refractivity contribution in [2.24, 2.45) is 0 Å². The lowest BCUT2D eigenvalue weighted by atomic mass is 10.2. The normalized spacial score (nSPS) is 14.1. The Balaban J connectivity index is 1.24. The molecule has 1 fully saturated rings. The summed E-state index contributed by atoms with van der Waals surface area (Å²) < 4.78 is 5.18. The van der Waals surface area contributed by atoms with Crippen LogP contribution in [0.4, 0.5) is 5.13 Å². The third-order valence-corrected chi connectivity index (χ3v) is 6.84. The van der Waals surface area contributed by atoms with Gasteiger partial charge in [-0.05, 0) is 31.5 Å². The van der Waals surface area contributed by atoms with Gasteiger partial charge in [0.15, 0.2) is 10.9 Å². The first kappa shape index (κ1) is 25.6. The van der Waals surface area contributed by atoms with Gasteiger partial charge in [-0.3, -0.25) is 19.3 Å². The van der Waals surface area contributed by atoms with E-state index in [0.717, 1.165) is 19.6 Å². The summed E-state index contributed by atoms with van der Waals surface area (Å²) in [7, 11) is 0. The maximum Gasteiger partial charge on any atom is 0.290 e. The van der Waals surface area contributed by atoms with Crippen molar-refractivity contribution in [2.45, 2.75) is 32.9 Å². The third-order valence-electron chi connectivity index (χ3n) is 6.03. The van der Waals surface area contributed by atoms with Crippen LogP contribution in [0, 0.1) is 0 Å². The van der Waals surface area contributed by atoms with Crippen LogP contribution in [0.25, 0.3) is 0 Å². The minimum atomic E-state index is -0.356. The van der Waals surface area contributed by atoms with Crippen LogP contribution in [0.3, 0.4) is 0 Å². The molecule has 0 aliphatic carbocycles. The number of hydrogen-bond acceptors (Lipinski definition) is 7. The molecule has 1 N–H and O–H groups in total. The summed E-state index contributed by atoms with van der Waals surface area (Å²) in [6, 6.07) is 13.4. The molecule has 1 aromatic carbocycles. The van der Waals surface area contributed by atoms with E-state index in [0.29, 0.717) is 23.9 Å². The lowest BCUT2D eigenvalue weighted by Gasteiger charge is -2.34. The van der Waals surface area contributed by atoms with Crippen LogP contribution in [0.15, 0.2) is 58.5 Å². The van der Waals surface area contributed by atoms with E-state index in [-0.39, 0.29) is 42.5 Å². The van der Waals surface area contributed by atoms with Crippen LogP contribution in [0.5, 0.6) is 0 Å². The molecule has 1 saturated heterocycles. The van der Waals surface area contributed by atoms with E-state index < -0.39 is 0 Å². The first-order chi connectivity index (χ1) is 17.4. The molecule has 4 rings (SSSR count). The number of thiazole rings is 1. The summed E-state index contributed by atoms with van der Waals surface area (Å²) >= 11 is 1.27. The van der Waals surface area contributed by atoms with Crippen molar-refractivity contribution in [3.63, 3.8) is 0 Å². The van der Waals surface area contributed by atoms with E-state index >= 15 is 0 Å². The van der Waals surface area contributed by atoms with Crippen molar-refractivity contribution in [1.82, 2.24) is 19.7 Å². The second-order valence-electron chi connectivity index (χ2n) is 9.02. The molecule has 10 heteroatoms. The summed E-state index contributed by atoms with van der Waals surface area (Å²) in [6.07, 6.45) is 1.62. The number of piperazine rings is 1. The Kier molecular flexibility index (Phi) is 8.50. The smallest absolute Gasteiger partial charge is 0.290 e. The van der Waals surface area contributed by atoms with Gasteiger partial charge in [0.1, 0.15) is 6.54 Å². The van der Waals surface area contributed by atoms with E-state index in [2.05, 4.69) is 27.3 Å². The van der Waals surface area contributed by atoms with E-state index in [4.69, 9.17) is 4.42 Å². The highest BCUT2D eigenvalue weighted by Crippen LogP contribution is 2.18. The molecule has 190 valence electrons. The number of carbonyl (C=O) groups excluding carboxylic acids is 3. The van der Waals surface area contributed by atoms with Gasteiger partial charge in [-0.15, -0.1) is 11.3 Å². The molecule has 3 heterocycles. The number of anilines is 1. The largest absolute Gasteiger partial charge is 0.459 e. The van der Waals surface area contributed by atoms with Gasteiger partial charge in [0.05, 0.1) is 18.4 Å². The Labute approximate surface area is 214 Å².